The molecule has 0 saturated carbocycles. The van der Waals surface area contributed by atoms with Crippen LogP contribution in [-0.2, 0) is 19.0 Å². The zero-order valence-corrected chi connectivity index (χ0v) is 10.7. The molecule has 0 unspecified atom stereocenters. The summed E-state index contributed by atoms with van der Waals surface area (Å²) in [4.78, 5) is 16.5. The van der Waals surface area contributed by atoms with Crippen molar-refractivity contribution in [1.82, 2.24) is 0 Å². The molecule has 0 radical (unpaired) electrons. The van der Waals surface area contributed by atoms with Gasteiger partial charge in [-0.3, -0.25) is 4.79 Å². The summed E-state index contributed by atoms with van der Waals surface area (Å²) in [5.74, 6) is -0.578. The minimum absolute atomic E-state index is 0.546. The van der Waals surface area contributed by atoms with Crippen LogP contribution >= 0.6 is 0 Å². The van der Waals surface area contributed by atoms with Gasteiger partial charge in [-0.05, 0) is 18.0 Å². The Labute approximate surface area is 108 Å². The van der Waals surface area contributed by atoms with Gasteiger partial charge < -0.3 is 14.2 Å². The second kappa shape index (κ2) is 6.81. The van der Waals surface area contributed by atoms with Crippen molar-refractivity contribution >= 4 is 5.97 Å². The standard InChI is InChI=1S/C9H14N6O4/c1-4-6(12-14-10)8(19-5(2)16)7(13-15-11)9(17-3)18-4/h4,6-9H,1-3H3/t4-,6+,7-,8-,9-/m0/s1. The fourth-order valence-electron chi connectivity index (χ4n) is 1.92. The van der Waals surface area contributed by atoms with Gasteiger partial charge in [-0.25, -0.2) is 0 Å². The normalized spacial score (nSPS) is 33.7. The molecule has 0 spiro atoms. The van der Waals surface area contributed by atoms with Crippen LogP contribution in [0.3, 0.4) is 0 Å². The topological polar surface area (TPSA) is 142 Å². The Balaban J connectivity index is 3.14. The van der Waals surface area contributed by atoms with E-state index in [9.17, 15) is 4.79 Å². The zero-order valence-electron chi connectivity index (χ0n) is 10.7. The minimum Gasteiger partial charge on any atom is -0.461 e. The highest BCUT2D eigenvalue weighted by Gasteiger charge is 2.46. The van der Waals surface area contributed by atoms with Gasteiger partial charge in [0.2, 0.25) is 0 Å². The number of esters is 1. The molecule has 10 heteroatoms. The van der Waals surface area contributed by atoms with Crippen molar-refractivity contribution in [2.45, 2.75) is 44.4 Å². The summed E-state index contributed by atoms with van der Waals surface area (Å²) in [6.45, 7) is 2.86. The lowest BCUT2D eigenvalue weighted by Gasteiger charge is -2.41. The Hall–Kier alpha value is -1.99. The van der Waals surface area contributed by atoms with Crippen LogP contribution in [0.15, 0.2) is 10.2 Å². The third kappa shape index (κ3) is 3.49. The number of ether oxygens (including phenoxy) is 3. The average molecular weight is 270 g/mol. The summed E-state index contributed by atoms with van der Waals surface area (Å²) in [6.07, 6.45) is -2.35. The predicted octanol–water partition coefficient (Wildman–Crippen LogP) is 1.67. The van der Waals surface area contributed by atoms with Gasteiger partial charge >= 0.3 is 5.97 Å². The van der Waals surface area contributed by atoms with E-state index in [1.54, 1.807) is 6.92 Å². The maximum Gasteiger partial charge on any atom is 0.302 e. The van der Waals surface area contributed by atoms with Gasteiger partial charge in [0.1, 0.15) is 18.2 Å². The van der Waals surface area contributed by atoms with E-state index in [2.05, 4.69) is 20.1 Å². The lowest BCUT2D eigenvalue weighted by molar-refractivity contribution is -0.222. The fourth-order valence-corrected chi connectivity index (χ4v) is 1.92. The first kappa shape index (κ1) is 15.1. The molecule has 1 saturated heterocycles. The molecule has 5 atom stereocenters. The summed E-state index contributed by atoms with van der Waals surface area (Å²) >= 11 is 0. The number of hydrogen-bond acceptors (Lipinski definition) is 6. The number of carbonyl (C=O) groups is 1. The Kier molecular flexibility index (Phi) is 5.40. The lowest BCUT2D eigenvalue weighted by Crippen LogP contribution is -2.56. The van der Waals surface area contributed by atoms with E-state index in [1.165, 1.54) is 14.0 Å². The van der Waals surface area contributed by atoms with E-state index in [4.69, 9.17) is 25.3 Å². The van der Waals surface area contributed by atoms with E-state index in [1.807, 2.05) is 0 Å². The van der Waals surface area contributed by atoms with Crippen molar-refractivity contribution in [3.05, 3.63) is 20.9 Å². The molecule has 0 aromatic rings. The zero-order chi connectivity index (χ0) is 14.4. The van der Waals surface area contributed by atoms with Gasteiger partial charge in [-0.1, -0.05) is 10.2 Å². The maximum absolute atomic E-state index is 11.1. The molecule has 1 aliphatic rings. The van der Waals surface area contributed by atoms with E-state index in [0.29, 0.717) is 0 Å². The molecule has 0 aliphatic carbocycles. The number of methoxy groups -OCH3 is 1. The number of rotatable bonds is 4. The summed E-state index contributed by atoms with van der Waals surface area (Å²) in [7, 11) is 1.37. The summed E-state index contributed by atoms with van der Waals surface area (Å²) < 4.78 is 15.6. The highest BCUT2D eigenvalue weighted by Crippen LogP contribution is 2.28. The van der Waals surface area contributed by atoms with Crippen LogP contribution in [0.2, 0.25) is 0 Å². The lowest BCUT2D eigenvalue weighted by atomic mass is 9.96. The summed E-state index contributed by atoms with van der Waals surface area (Å²) in [6, 6.07) is -1.72. The molecule has 1 fully saturated rings. The molecular weight excluding hydrogens is 256 g/mol. The first-order chi connectivity index (χ1) is 9.04. The SMILES string of the molecule is CO[C@H]1O[C@@H](C)[C@@H](N=[N+]=[N-])[C@H](OC(C)=O)[C@@H]1N=[N+]=[N-]. The minimum atomic E-state index is -0.932. The molecule has 1 aliphatic heterocycles. The molecule has 104 valence electrons. The Morgan fingerprint density at radius 1 is 1.26 bits per heavy atom. The molecule has 19 heavy (non-hydrogen) atoms. The van der Waals surface area contributed by atoms with Crippen LogP contribution < -0.4 is 0 Å². The molecule has 0 aromatic carbocycles. The smallest absolute Gasteiger partial charge is 0.302 e. The summed E-state index contributed by atoms with van der Waals surface area (Å²) in [5, 5.41) is 7.05. The second-order valence-electron chi connectivity index (χ2n) is 3.91. The molecule has 0 aromatic heterocycles. The van der Waals surface area contributed by atoms with Crippen molar-refractivity contribution < 1.29 is 19.0 Å². The third-order valence-corrected chi connectivity index (χ3v) is 2.69. The number of nitrogens with zero attached hydrogens (tertiary/aromatic N) is 6. The number of azide groups is 2. The largest absolute Gasteiger partial charge is 0.461 e. The average Bonchev–Trinajstić information content (AvgIpc) is 2.36. The van der Waals surface area contributed by atoms with Gasteiger partial charge in [0.15, 0.2) is 6.29 Å². The van der Waals surface area contributed by atoms with E-state index < -0.39 is 36.6 Å². The van der Waals surface area contributed by atoms with Gasteiger partial charge in [0.05, 0.1) is 6.10 Å². The van der Waals surface area contributed by atoms with Gasteiger partial charge in [-0.15, -0.1) is 0 Å². The molecular formula is C9H14N6O4. The summed E-state index contributed by atoms with van der Waals surface area (Å²) in [5.41, 5.74) is 17.1. The highest BCUT2D eigenvalue weighted by molar-refractivity contribution is 5.66. The monoisotopic (exact) mass is 270 g/mol. The second-order valence-corrected chi connectivity index (χ2v) is 3.91. The van der Waals surface area contributed by atoms with E-state index in [0.717, 1.165) is 0 Å². The van der Waals surface area contributed by atoms with E-state index in [-0.39, 0.29) is 0 Å². The van der Waals surface area contributed by atoms with Crippen molar-refractivity contribution in [2.24, 2.45) is 10.2 Å². The first-order valence-electron chi connectivity index (χ1n) is 5.49. The van der Waals surface area contributed by atoms with Crippen molar-refractivity contribution in [3.8, 4) is 0 Å². The van der Waals surface area contributed by atoms with E-state index >= 15 is 0 Å². The predicted molar refractivity (Wildman–Crippen MR) is 62.8 cm³/mol. The molecule has 1 rings (SSSR count). The van der Waals surface area contributed by atoms with Crippen LogP contribution in [0.1, 0.15) is 13.8 Å². The van der Waals surface area contributed by atoms with Crippen LogP contribution in [-0.4, -0.2) is 43.7 Å². The number of carbonyl (C=O) groups excluding carboxylic acids is 1. The van der Waals surface area contributed by atoms with Crippen molar-refractivity contribution in [2.75, 3.05) is 7.11 Å². The Bertz CT molecular complexity index is 430. The molecule has 10 nitrogen and oxygen atoms in total. The quantitative estimate of drug-likeness (QED) is 0.331. The fraction of sp³-hybridized carbons (Fsp3) is 0.889. The molecule has 0 N–H and O–H groups in total. The third-order valence-electron chi connectivity index (χ3n) is 2.69. The van der Waals surface area contributed by atoms with Gasteiger partial charge in [-0.2, -0.15) is 0 Å². The molecule has 0 amide bonds. The number of hydrogen-bond donors (Lipinski definition) is 0. The van der Waals surface area contributed by atoms with Crippen LogP contribution in [0.25, 0.3) is 20.9 Å². The maximum atomic E-state index is 11.1. The van der Waals surface area contributed by atoms with Crippen LogP contribution in [0, 0.1) is 0 Å². The van der Waals surface area contributed by atoms with Crippen molar-refractivity contribution in [1.29, 1.82) is 0 Å². The Morgan fingerprint density at radius 3 is 2.32 bits per heavy atom. The molecule has 1 heterocycles. The van der Waals surface area contributed by atoms with Crippen LogP contribution in [0.4, 0.5) is 0 Å². The highest BCUT2D eigenvalue weighted by atomic mass is 16.7. The van der Waals surface area contributed by atoms with Crippen LogP contribution in [0.5, 0.6) is 0 Å². The van der Waals surface area contributed by atoms with Crippen molar-refractivity contribution in [3.63, 3.8) is 0 Å². The Morgan fingerprint density at radius 2 is 1.84 bits per heavy atom. The van der Waals surface area contributed by atoms with Gasteiger partial charge in [0.25, 0.3) is 0 Å². The molecule has 0 bridgehead atoms. The van der Waals surface area contributed by atoms with Gasteiger partial charge in [0, 0.05) is 23.9 Å². The first-order valence-corrected chi connectivity index (χ1v) is 5.49.